The molecule has 3 atom stereocenters. The van der Waals surface area contributed by atoms with E-state index in [9.17, 15) is 28.8 Å². The second-order valence-corrected chi connectivity index (χ2v) is 14.4. The van der Waals surface area contributed by atoms with Crippen LogP contribution in [-0.4, -0.2) is 92.7 Å². The molecule has 0 aliphatic rings. The fourth-order valence-electron chi connectivity index (χ4n) is 5.31. The molecule has 15 heteroatoms. The number of rotatable bonds is 23. The maximum absolute atomic E-state index is 13.3. The molecule has 2 rings (SSSR count). The number of hydrogen-bond donors (Lipinski definition) is 5. The second-order valence-electron chi connectivity index (χ2n) is 13.4. The van der Waals surface area contributed by atoms with Gasteiger partial charge in [-0.2, -0.15) is 11.8 Å². The van der Waals surface area contributed by atoms with Crippen molar-refractivity contribution in [2.24, 2.45) is 11.7 Å². The summed E-state index contributed by atoms with van der Waals surface area (Å²) in [5.74, 6) is -1.35. The van der Waals surface area contributed by atoms with Crippen molar-refractivity contribution in [2.45, 2.75) is 90.8 Å². The fraction of sp³-hybridized carbons (Fsp3) is 0.538. The van der Waals surface area contributed by atoms with Gasteiger partial charge in [0.25, 0.3) is 0 Å². The summed E-state index contributed by atoms with van der Waals surface area (Å²) < 4.78 is 15.3. The fourth-order valence-corrected chi connectivity index (χ4v) is 5.78. The third-order valence-electron chi connectivity index (χ3n) is 8.40. The van der Waals surface area contributed by atoms with Crippen LogP contribution in [-0.2, 0) is 46.3 Å². The van der Waals surface area contributed by atoms with Crippen LogP contribution in [0.5, 0.6) is 5.75 Å². The molecule has 4 amide bonds. The quantitative estimate of drug-likeness (QED) is 0.0630. The molecule has 0 unspecified atom stereocenters. The summed E-state index contributed by atoms with van der Waals surface area (Å²) in [5, 5.41) is 10.9. The summed E-state index contributed by atoms with van der Waals surface area (Å²) in [4.78, 5) is 76.3. The van der Waals surface area contributed by atoms with Crippen LogP contribution in [0.1, 0.15) is 68.2 Å². The Bertz CT molecular complexity index is 1540. The summed E-state index contributed by atoms with van der Waals surface area (Å²) in [5.41, 5.74) is 9.18. The van der Waals surface area contributed by atoms with Crippen molar-refractivity contribution in [1.29, 1.82) is 0 Å². The lowest BCUT2D eigenvalue weighted by Gasteiger charge is -2.22. The van der Waals surface area contributed by atoms with Crippen LogP contribution >= 0.6 is 11.8 Å². The van der Waals surface area contributed by atoms with Crippen molar-refractivity contribution in [3.63, 3.8) is 0 Å². The zero-order chi connectivity index (χ0) is 40.0. The van der Waals surface area contributed by atoms with E-state index in [-0.39, 0.29) is 43.7 Å². The molecule has 0 bridgehead atoms. The number of nitrogens with one attached hydrogen (secondary N) is 4. The van der Waals surface area contributed by atoms with Crippen LogP contribution < -0.4 is 31.7 Å². The van der Waals surface area contributed by atoms with Gasteiger partial charge in [0.2, 0.25) is 23.6 Å². The minimum atomic E-state index is -1.04. The Morgan fingerprint density at radius 1 is 0.833 bits per heavy atom. The Kier molecular flexibility index (Phi) is 20.8. The van der Waals surface area contributed by atoms with Crippen LogP contribution in [0.2, 0.25) is 0 Å². The zero-order valence-corrected chi connectivity index (χ0v) is 33.1. The molecule has 298 valence electrons. The molecule has 14 nitrogen and oxygen atoms in total. The Morgan fingerprint density at radius 3 is 2.20 bits per heavy atom. The topological polar surface area (TPSA) is 204 Å². The average Bonchev–Trinajstić information content (AvgIpc) is 3.15. The van der Waals surface area contributed by atoms with E-state index in [0.29, 0.717) is 60.4 Å². The number of unbranched alkanes of at least 4 members (excludes halogenated alkanes) is 2. The van der Waals surface area contributed by atoms with Crippen molar-refractivity contribution in [3.05, 3.63) is 64.7 Å². The van der Waals surface area contributed by atoms with Crippen LogP contribution in [0.4, 0.5) is 4.79 Å². The lowest BCUT2D eigenvalue weighted by atomic mass is 9.97. The minimum absolute atomic E-state index is 0.104. The average molecular weight is 772 g/mol. The van der Waals surface area contributed by atoms with Crippen molar-refractivity contribution < 1.29 is 43.0 Å². The number of esters is 1. The number of nitrogens with two attached hydrogens (primary N) is 1. The molecule has 0 heterocycles. The van der Waals surface area contributed by atoms with E-state index < -0.39 is 48.5 Å². The van der Waals surface area contributed by atoms with Gasteiger partial charge in [-0.05, 0) is 79.7 Å². The number of amides is 4. The van der Waals surface area contributed by atoms with E-state index in [1.165, 1.54) is 18.9 Å². The number of carbonyl (C=O) groups is 6. The number of hydrogen-bond acceptors (Lipinski definition) is 11. The van der Waals surface area contributed by atoms with Crippen LogP contribution in [0.15, 0.2) is 42.5 Å². The number of thioether (sulfide) groups is 1. The molecule has 0 aliphatic heterocycles. The van der Waals surface area contributed by atoms with Gasteiger partial charge in [0, 0.05) is 19.4 Å². The molecule has 0 radical (unpaired) electrons. The van der Waals surface area contributed by atoms with Gasteiger partial charge >= 0.3 is 12.1 Å². The third kappa shape index (κ3) is 17.0. The Morgan fingerprint density at radius 2 is 1.54 bits per heavy atom. The smallest absolute Gasteiger partial charge is 0.469 e. The highest BCUT2D eigenvalue weighted by Crippen LogP contribution is 2.27. The minimum Gasteiger partial charge on any atom is -0.469 e. The molecule has 0 saturated carbocycles. The lowest BCUT2D eigenvalue weighted by molar-refractivity contribution is -0.140. The van der Waals surface area contributed by atoms with Crippen molar-refractivity contribution in [2.75, 3.05) is 38.8 Å². The van der Waals surface area contributed by atoms with E-state index >= 15 is 0 Å². The molecule has 0 aromatic heterocycles. The summed E-state index contributed by atoms with van der Waals surface area (Å²) in [6.45, 7) is 7.54. The normalized spacial score (nSPS) is 12.5. The van der Waals surface area contributed by atoms with Crippen molar-refractivity contribution in [3.8, 4) is 5.75 Å². The van der Waals surface area contributed by atoms with Gasteiger partial charge in [-0.25, -0.2) is 4.79 Å². The zero-order valence-electron chi connectivity index (χ0n) is 32.3. The standard InChI is InChI=1S/C39H57N5O9S/c1-25(2)24-52-39(50)53-35-26(3)16-17-29(27(35)4)22-30(40)36(47)44-31(18-20-54-6)37(48)42-23-33(45)43-32(21-28-13-9-7-10-14-28)38(49)41-19-12-8-11-15-34(46)51-5/h7,9-10,13-14,16-17,25,30-32H,8,11-12,15,18-24,40H2,1-6H3,(H,41,49)(H,42,48)(H,43,45)(H,44,47)/t30-,31+,32-/m0/s1. The molecule has 2 aromatic carbocycles. The van der Waals surface area contributed by atoms with E-state index in [4.69, 9.17) is 15.2 Å². The Labute approximate surface area is 322 Å². The molecule has 6 N–H and O–H groups in total. The van der Waals surface area contributed by atoms with Crippen LogP contribution in [0, 0.1) is 19.8 Å². The second kappa shape index (κ2) is 24.6. The van der Waals surface area contributed by atoms with Crippen molar-refractivity contribution >= 4 is 47.5 Å². The molecule has 0 saturated heterocycles. The molecule has 0 fully saturated rings. The monoisotopic (exact) mass is 771 g/mol. The number of methoxy groups -OCH3 is 1. The highest BCUT2D eigenvalue weighted by atomic mass is 32.2. The summed E-state index contributed by atoms with van der Waals surface area (Å²) in [6, 6.07) is 9.88. The molecule has 0 spiro atoms. The molecule has 0 aliphatic carbocycles. The molecular formula is C39H57N5O9S. The van der Waals surface area contributed by atoms with Gasteiger partial charge in [0.1, 0.15) is 17.8 Å². The first-order valence-electron chi connectivity index (χ1n) is 18.2. The Balaban J connectivity index is 2.01. The molecular weight excluding hydrogens is 715 g/mol. The van der Waals surface area contributed by atoms with Crippen molar-refractivity contribution in [1.82, 2.24) is 21.3 Å². The van der Waals surface area contributed by atoms with Gasteiger partial charge in [0.05, 0.1) is 26.3 Å². The SMILES string of the molecule is COC(=O)CCCCCNC(=O)[C@H](Cc1ccccc1)NC(=O)CNC(=O)[C@@H](CCSC)NC(=O)[C@@H](N)Cc1ccc(C)c(OC(=O)OCC(C)C)c1C. The first-order chi connectivity index (χ1) is 25.7. The van der Waals surface area contributed by atoms with Gasteiger partial charge < -0.3 is 41.2 Å². The van der Waals surface area contributed by atoms with Gasteiger partial charge in [-0.15, -0.1) is 0 Å². The number of aryl methyl sites for hydroxylation is 1. The van der Waals surface area contributed by atoms with Gasteiger partial charge in [-0.1, -0.05) is 62.7 Å². The maximum atomic E-state index is 13.3. The predicted molar refractivity (Wildman–Crippen MR) is 208 cm³/mol. The summed E-state index contributed by atoms with van der Waals surface area (Å²) in [6.07, 6.45) is 3.98. The predicted octanol–water partition coefficient (Wildman–Crippen LogP) is 3.28. The summed E-state index contributed by atoms with van der Waals surface area (Å²) >= 11 is 1.49. The van der Waals surface area contributed by atoms with E-state index in [0.717, 1.165) is 5.56 Å². The van der Waals surface area contributed by atoms with Gasteiger partial charge in [0.15, 0.2) is 0 Å². The van der Waals surface area contributed by atoms with Gasteiger partial charge in [-0.3, -0.25) is 24.0 Å². The van der Waals surface area contributed by atoms with E-state index in [2.05, 4.69) is 26.0 Å². The summed E-state index contributed by atoms with van der Waals surface area (Å²) in [7, 11) is 1.34. The van der Waals surface area contributed by atoms with E-state index in [1.807, 2.05) is 50.4 Å². The van der Waals surface area contributed by atoms with Crippen LogP contribution in [0.3, 0.4) is 0 Å². The molecule has 54 heavy (non-hydrogen) atoms. The largest absolute Gasteiger partial charge is 0.513 e. The third-order valence-corrected chi connectivity index (χ3v) is 9.04. The first kappa shape index (κ1) is 45.5. The lowest BCUT2D eigenvalue weighted by Crippen LogP contribution is -2.54. The number of ether oxygens (including phenoxy) is 3. The Hall–Kier alpha value is -4.63. The van der Waals surface area contributed by atoms with E-state index in [1.54, 1.807) is 26.0 Å². The first-order valence-corrected chi connectivity index (χ1v) is 19.6. The maximum Gasteiger partial charge on any atom is 0.513 e. The van der Waals surface area contributed by atoms with Crippen LogP contribution in [0.25, 0.3) is 0 Å². The number of carbonyl (C=O) groups excluding carboxylic acids is 6. The highest BCUT2D eigenvalue weighted by molar-refractivity contribution is 7.98. The molecule has 2 aromatic rings. The highest BCUT2D eigenvalue weighted by Gasteiger charge is 2.26. The number of benzene rings is 2.